The number of hydrogen-bond acceptors (Lipinski definition) is 4. The zero-order chi connectivity index (χ0) is 22.1. The highest BCUT2D eigenvalue weighted by atomic mass is 79.9. The molecule has 1 amide bonds. The van der Waals surface area contributed by atoms with Gasteiger partial charge in [-0.15, -0.1) is 4.80 Å². The second-order valence-electron chi connectivity index (χ2n) is 6.24. The van der Waals surface area contributed by atoms with Crippen LogP contribution in [0.3, 0.4) is 0 Å². The van der Waals surface area contributed by atoms with E-state index in [1.807, 2.05) is 0 Å². The zero-order valence-corrected chi connectivity index (χ0v) is 19.2. The molecule has 0 spiro atoms. The van der Waals surface area contributed by atoms with Crippen molar-refractivity contribution in [1.82, 2.24) is 20.0 Å². The molecule has 0 aliphatic carbocycles. The van der Waals surface area contributed by atoms with E-state index in [1.54, 1.807) is 0 Å². The van der Waals surface area contributed by atoms with Crippen LogP contribution in [0.4, 0.5) is 14.5 Å². The van der Waals surface area contributed by atoms with Gasteiger partial charge >= 0.3 is 0 Å². The van der Waals surface area contributed by atoms with Crippen LogP contribution in [-0.4, -0.2) is 25.9 Å². The van der Waals surface area contributed by atoms with Crippen LogP contribution in [0.25, 0.3) is 16.9 Å². The number of pyridine rings is 1. The number of carbonyl (C=O) groups is 1. The third-order valence-corrected chi connectivity index (χ3v) is 5.80. The van der Waals surface area contributed by atoms with Gasteiger partial charge in [0.2, 0.25) is 0 Å². The fourth-order valence-electron chi connectivity index (χ4n) is 2.80. The molecule has 0 aliphatic rings. The molecule has 156 valence electrons. The van der Waals surface area contributed by atoms with Gasteiger partial charge in [-0.1, -0.05) is 49.5 Å². The Morgan fingerprint density at radius 1 is 1.00 bits per heavy atom. The van der Waals surface area contributed by atoms with Crippen molar-refractivity contribution in [1.29, 1.82) is 0 Å². The largest absolute Gasteiger partial charge is 0.320 e. The van der Waals surface area contributed by atoms with Crippen LogP contribution in [0.15, 0.2) is 63.9 Å². The van der Waals surface area contributed by atoms with Crippen LogP contribution < -0.4 is 5.32 Å². The summed E-state index contributed by atoms with van der Waals surface area (Å²) in [5.41, 5.74) is 1.11. The standard InChI is InChI=1S/C20H10Br2ClF2N5O/c21-15-5-10(24)1-2-12(15)13-8-18(25)14(7-16(13)22)20(31)29-11-6-17(23)19(26-9-11)30-27-3-4-28-30/h1-9H,(H,29,31). The fraction of sp³-hybridized carbons (Fsp3) is 0. The van der Waals surface area contributed by atoms with E-state index in [0.29, 0.717) is 20.1 Å². The predicted octanol–water partition coefficient (Wildman–Crippen LogP) is 6.04. The van der Waals surface area contributed by atoms with Crippen molar-refractivity contribution in [2.45, 2.75) is 0 Å². The van der Waals surface area contributed by atoms with Gasteiger partial charge < -0.3 is 5.32 Å². The van der Waals surface area contributed by atoms with Gasteiger partial charge in [-0.05, 0) is 41.5 Å². The molecule has 0 radical (unpaired) electrons. The predicted molar refractivity (Wildman–Crippen MR) is 119 cm³/mol. The lowest BCUT2D eigenvalue weighted by Crippen LogP contribution is -2.15. The van der Waals surface area contributed by atoms with Gasteiger partial charge in [0.05, 0.1) is 34.9 Å². The molecular weight excluding hydrogens is 560 g/mol. The molecule has 4 rings (SSSR count). The Hall–Kier alpha value is -2.69. The summed E-state index contributed by atoms with van der Waals surface area (Å²) in [5.74, 6) is -1.58. The number of nitrogens with one attached hydrogen (secondary N) is 1. The van der Waals surface area contributed by atoms with Gasteiger partial charge in [0, 0.05) is 8.95 Å². The van der Waals surface area contributed by atoms with Crippen molar-refractivity contribution in [3.05, 3.63) is 86.2 Å². The molecule has 0 aliphatic heterocycles. The van der Waals surface area contributed by atoms with Crippen LogP contribution in [0.5, 0.6) is 0 Å². The van der Waals surface area contributed by atoms with E-state index in [1.165, 1.54) is 59.8 Å². The number of rotatable bonds is 4. The smallest absolute Gasteiger partial charge is 0.258 e. The quantitative estimate of drug-likeness (QED) is 0.326. The molecule has 4 aromatic rings. The van der Waals surface area contributed by atoms with Gasteiger partial charge in [0.25, 0.3) is 5.91 Å². The van der Waals surface area contributed by atoms with Crippen molar-refractivity contribution < 1.29 is 13.6 Å². The van der Waals surface area contributed by atoms with Crippen LogP contribution in [0, 0.1) is 11.6 Å². The number of amides is 1. The van der Waals surface area contributed by atoms with Crippen LogP contribution in [-0.2, 0) is 0 Å². The third-order valence-electron chi connectivity index (χ3n) is 4.21. The molecule has 0 unspecified atom stereocenters. The van der Waals surface area contributed by atoms with E-state index in [0.717, 1.165) is 0 Å². The maximum absolute atomic E-state index is 14.8. The Kier molecular flexibility index (Phi) is 6.12. The van der Waals surface area contributed by atoms with Crippen molar-refractivity contribution in [3.63, 3.8) is 0 Å². The molecule has 2 aromatic carbocycles. The first-order valence-electron chi connectivity index (χ1n) is 8.61. The monoisotopic (exact) mass is 567 g/mol. The number of anilines is 1. The molecule has 6 nitrogen and oxygen atoms in total. The summed E-state index contributed by atoms with van der Waals surface area (Å²) in [6.07, 6.45) is 4.31. The Balaban J connectivity index is 1.61. The minimum atomic E-state index is -0.747. The maximum Gasteiger partial charge on any atom is 0.258 e. The number of aromatic nitrogens is 4. The number of nitrogens with zero attached hydrogens (tertiary/aromatic N) is 4. The first-order chi connectivity index (χ1) is 14.8. The summed E-state index contributed by atoms with van der Waals surface area (Å²) in [7, 11) is 0. The number of hydrogen-bond donors (Lipinski definition) is 1. The molecule has 2 aromatic heterocycles. The molecule has 0 atom stereocenters. The molecule has 0 saturated carbocycles. The lowest BCUT2D eigenvalue weighted by Gasteiger charge is -2.12. The SMILES string of the molecule is O=C(Nc1cnc(-n2nccn2)c(Cl)c1)c1cc(Br)c(-c2ccc(F)cc2Br)cc1F. The third kappa shape index (κ3) is 4.51. The molecule has 0 bridgehead atoms. The Morgan fingerprint density at radius 3 is 2.39 bits per heavy atom. The van der Waals surface area contributed by atoms with E-state index in [2.05, 4.69) is 52.4 Å². The molecule has 1 N–H and O–H groups in total. The van der Waals surface area contributed by atoms with Gasteiger partial charge in [-0.25, -0.2) is 13.8 Å². The number of carbonyl (C=O) groups excluding carboxylic acids is 1. The van der Waals surface area contributed by atoms with Gasteiger partial charge in [-0.3, -0.25) is 4.79 Å². The van der Waals surface area contributed by atoms with Gasteiger partial charge in [-0.2, -0.15) is 10.2 Å². The zero-order valence-electron chi connectivity index (χ0n) is 15.3. The first kappa shape index (κ1) is 21.5. The maximum atomic E-state index is 14.8. The minimum Gasteiger partial charge on any atom is -0.320 e. The van der Waals surface area contributed by atoms with Crippen molar-refractivity contribution in [2.75, 3.05) is 5.32 Å². The van der Waals surface area contributed by atoms with E-state index in [-0.39, 0.29) is 22.1 Å². The highest BCUT2D eigenvalue weighted by Crippen LogP contribution is 2.36. The summed E-state index contributed by atoms with van der Waals surface area (Å²) in [6, 6.07) is 8.08. The molecular formula is C20H10Br2ClF2N5O. The second-order valence-corrected chi connectivity index (χ2v) is 8.35. The number of halogens is 5. The lowest BCUT2D eigenvalue weighted by atomic mass is 10.0. The molecule has 31 heavy (non-hydrogen) atoms. The Bertz CT molecular complexity index is 1300. The van der Waals surface area contributed by atoms with Crippen molar-refractivity contribution in [3.8, 4) is 16.9 Å². The van der Waals surface area contributed by atoms with Crippen LogP contribution in [0.2, 0.25) is 5.02 Å². The number of benzene rings is 2. The molecule has 0 fully saturated rings. The normalized spacial score (nSPS) is 10.9. The fourth-order valence-corrected chi connectivity index (χ4v) is 4.17. The van der Waals surface area contributed by atoms with Gasteiger partial charge in [0.1, 0.15) is 11.6 Å². The second kappa shape index (κ2) is 8.81. The average Bonchev–Trinajstić information content (AvgIpc) is 3.24. The van der Waals surface area contributed by atoms with E-state index in [9.17, 15) is 13.6 Å². The average molecular weight is 570 g/mol. The van der Waals surface area contributed by atoms with E-state index in [4.69, 9.17) is 11.6 Å². The summed E-state index contributed by atoms with van der Waals surface area (Å²) in [4.78, 5) is 18.0. The molecule has 2 heterocycles. The van der Waals surface area contributed by atoms with Crippen molar-refractivity contribution in [2.24, 2.45) is 0 Å². The minimum absolute atomic E-state index is 0.192. The summed E-state index contributed by atoms with van der Waals surface area (Å²) in [6.45, 7) is 0. The van der Waals surface area contributed by atoms with Gasteiger partial charge in [0.15, 0.2) is 5.82 Å². The summed E-state index contributed by atoms with van der Waals surface area (Å²) >= 11 is 12.8. The Morgan fingerprint density at radius 2 is 1.71 bits per heavy atom. The molecule has 11 heteroatoms. The van der Waals surface area contributed by atoms with Crippen LogP contribution in [0.1, 0.15) is 10.4 Å². The first-order valence-corrected chi connectivity index (χ1v) is 10.6. The summed E-state index contributed by atoms with van der Waals surface area (Å²) < 4.78 is 29.1. The van der Waals surface area contributed by atoms with Crippen LogP contribution >= 0.6 is 43.5 Å². The molecule has 0 saturated heterocycles. The highest BCUT2D eigenvalue weighted by Gasteiger charge is 2.18. The van der Waals surface area contributed by atoms with E-state index < -0.39 is 17.5 Å². The van der Waals surface area contributed by atoms with Crippen molar-refractivity contribution >= 4 is 55.1 Å². The lowest BCUT2D eigenvalue weighted by molar-refractivity contribution is 0.102. The summed E-state index contributed by atoms with van der Waals surface area (Å²) in [5, 5.41) is 10.6. The topological polar surface area (TPSA) is 72.7 Å². The Labute approximate surface area is 196 Å². The highest BCUT2D eigenvalue weighted by molar-refractivity contribution is 9.11. The van der Waals surface area contributed by atoms with E-state index >= 15 is 0 Å².